The zero-order chi connectivity index (χ0) is 18.1. The van der Waals surface area contributed by atoms with Crippen LogP contribution in [0, 0.1) is 17.1 Å². The van der Waals surface area contributed by atoms with Crippen LogP contribution in [0.3, 0.4) is 0 Å². The van der Waals surface area contributed by atoms with Crippen LogP contribution in [0.5, 0.6) is 0 Å². The van der Waals surface area contributed by atoms with Crippen LogP contribution >= 0.6 is 11.8 Å². The number of nitrogens with one attached hydrogen (secondary N) is 1. The van der Waals surface area contributed by atoms with Crippen molar-refractivity contribution < 1.29 is 4.39 Å². The Labute approximate surface area is 145 Å². The van der Waals surface area contributed by atoms with Crippen LogP contribution in [0.1, 0.15) is 5.56 Å². The summed E-state index contributed by atoms with van der Waals surface area (Å²) in [5, 5.41) is 9.87. The number of aromatic nitrogens is 4. The van der Waals surface area contributed by atoms with Gasteiger partial charge in [-0.1, -0.05) is 0 Å². The molecule has 1 N–H and O–H groups in total. The molecule has 7 nitrogen and oxygen atoms in total. The lowest BCUT2D eigenvalue weighted by Crippen LogP contribution is -2.39. The molecule has 9 heteroatoms. The van der Waals surface area contributed by atoms with Gasteiger partial charge in [0.1, 0.15) is 22.5 Å². The van der Waals surface area contributed by atoms with E-state index in [0.29, 0.717) is 10.9 Å². The smallest absolute Gasteiger partial charge is 0.331 e. The first-order chi connectivity index (χ1) is 11.9. The Morgan fingerprint density at radius 3 is 2.52 bits per heavy atom. The third-order valence-corrected chi connectivity index (χ3v) is 4.70. The molecule has 3 rings (SSSR count). The molecule has 2 aromatic heterocycles. The average molecular weight is 357 g/mol. The zero-order valence-corrected chi connectivity index (χ0v) is 14.1. The van der Waals surface area contributed by atoms with Crippen molar-refractivity contribution in [2.24, 2.45) is 14.1 Å². The van der Waals surface area contributed by atoms with Gasteiger partial charge in [-0.2, -0.15) is 5.26 Å². The summed E-state index contributed by atoms with van der Waals surface area (Å²) in [4.78, 5) is 31.4. The van der Waals surface area contributed by atoms with Crippen molar-refractivity contribution in [2.75, 3.05) is 0 Å². The summed E-state index contributed by atoms with van der Waals surface area (Å²) >= 11 is 1.01. The summed E-state index contributed by atoms with van der Waals surface area (Å²) < 4.78 is 15.1. The zero-order valence-electron chi connectivity index (χ0n) is 13.3. The van der Waals surface area contributed by atoms with E-state index in [4.69, 9.17) is 0 Å². The lowest BCUT2D eigenvalue weighted by Gasteiger charge is -2.09. The fourth-order valence-electron chi connectivity index (χ4n) is 2.26. The Balaban J connectivity index is 2.02. The maximum Gasteiger partial charge on any atom is 0.331 e. The van der Waals surface area contributed by atoms with Gasteiger partial charge in [0.15, 0.2) is 5.16 Å². The molecule has 0 spiro atoms. The Kier molecular flexibility index (Phi) is 4.29. The first-order valence-electron chi connectivity index (χ1n) is 7.11. The molecule has 0 bridgehead atoms. The van der Waals surface area contributed by atoms with E-state index in [-0.39, 0.29) is 16.4 Å². The third kappa shape index (κ3) is 2.99. The molecule has 25 heavy (non-hydrogen) atoms. The minimum atomic E-state index is -0.654. The van der Waals surface area contributed by atoms with Gasteiger partial charge < -0.3 is 4.98 Å². The Hall–Kier alpha value is -3.12. The van der Waals surface area contributed by atoms with Crippen LogP contribution in [0.25, 0.3) is 11.3 Å². The van der Waals surface area contributed by atoms with Crippen molar-refractivity contribution in [2.45, 2.75) is 10.2 Å². The van der Waals surface area contributed by atoms with Crippen molar-refractivity contribution in [1.29, 1.82) is 5.26 Å². The fourth-order valence-corrected chi connectivity index (χ4v) is 3.16. The van der Waals surface area contributed by atoms with Crippen LogP contribution in [-0.2, 0) is 14.1 Å². The molecule has 0 aliphatic heterocycles. The maximum absolute atomic E-state index is 13.0. The summed E-state index contributed by atoms with van der Waals surface area (Å²) in [5.74, 6) is -0.341. The van der Waals surface area contributed by atoms with Crippen LogP contribution < -0.4 is 11.2 Å². The van der Waals surface area contributed by atoms with Gasteiger partial charge in [0, 0.05) is 14.1 Å². The largest absolute Gasteiger partial charge is 0.333 e. The number of rotatable bonds is 3. The second kappa shape index (κ2) is 6.41. The van der Waals surface area contributed by atoms with Crippen LogP contribution in [0.15, 0.2) is 50.2 Å². The van der Waals surface area contributed by atoms with Crippen molar-refractivity contribution in [3.05, 3.63) is 62.7 Å². The minimum Gasteiger partial charge on any atom is -0.333 e. The topological polar surface area (TPSA) is 96.5 Å². The van der Waals surface area contributed by atoms with Gasteiger partial charge in [-0.05, 0) is 41.6 Å². The van der Waals surface area contributed by atoms with E-state index in [1.807, 2.05) is 6.07 Å². The lowest BCUT2D eigenvalue weighted by molar-refractivity contribution is 0.628. The number of H-pyrrole nitrogens is 1. The Morgan fingerprint density at radius 1 is 1.20 bits per heavy atom. The SMILES string of the molecule is Cn1c(Sc2ncc(-c3ccc(F)cc3)[nH]2)c(C#N)c(=O)n(C)c1=O. The van der Waals surface area contributed by atoms with Gasteiger partial charge >= 0.3 is 5.69 Å². The highest BCUT2D eigenvalue weighted by molar-refractivity contribution is 7.99. The molecule has 0 saturated carbocycles. The molecule has 3 aromatic rings. The van der Waals surface area contributed by atoms with Gasteiger partial charge in [0.05, 0.1) is 11.9 Å². The number of aromatic amines is 1. The van der Waals surface area contributed by atoms with E-state index in [9.17, 15) is 19.2 Å². The highest BCUT2D eigenvalue weighted by atomic mass is 32.2. The number of hydrogen-bond acceptors (Lipinski definition) is 5. The normalized spacial score (nSPS) is 10.6. The van der Waals surface area contributed by atoms with E-state index >= 15 is 0 Å². The number of benzene rings is 1. The second-order valence-corrected chi connectivity index (χ2v) is 6.19. The summed E-state index contributed by atoms with van der Waals surface area (Å²) in [6, 6.07) is 7.72. The highest BCUT2D eigenvalue weighted by Crippen LogP contribution is 2.27. The third-order valence-electron chi connectivity index (χ3n) is 3.62. The van der Waals surface area contributed by atoms with Crippen LogP contribution in [-0.4, -0.2) is 19.1 Å². The molecule has 0 fully saturated rings. The average Bonchev–Trinajstić information content (AvgIpc) is 3.07. The van der Waals surface area contributed by atoms with Crippen molar-refractivity contribution in [1.82, 2.24) is 19.1 Å². The summed E-state index contributed by atoms with van der Waals surface area (Å²) in [5.41, 5.74) is 0.0681. The predicted molar refractivity (Wildman–Crippen MR) is 89.7 cm³/mol. The van der Waals surface area contributed by atoms with Gasteiger partial charge in [0.25, 0.3) is 5.56 Å². The Morgan fingerprint density at radius 2 is 1.88 bits per heavy atom. The molecule has 2 heterocycles. The quantitative estimate of drug-likeness (QED) is 0.719. The van der Waals surface area contributed by atoms with E-state index in [0.717, 1.165) is 21.9 Å². The first kappa shape index (κ1) is 16.7. The molecule has 1 aromatic carbocycles. The van der Waals surface area contributed by atoms with Crippen LogP contribution in [0.4, 0.5) is 4.39 Å². The molecule has 126 valence electrons. The molecule has 0 unspecified atom stereocenters. The molecule has 0 aliphatic carbocycles. The maximum atomic E-state index is 13.0. The van der Waals surface area contributed by atoms with Crippen molar-refractivity contribution in [3.63, 3.8) is 0 Å². The molecular formula is C16H12FN5O2S. The molecule has 0 amide bonds. The van der Waals surface area contributed by atoms with Gasteiger partial charge in [0.2, 0.25) is 0 Å². The standard InChI is InChI=1S/C16H12FN5O2S/c1-21-13(23)11(7-18)14(22(2)16(21)24)25-15-19-8-12(20-15)9-3-5-10(17)6-4-9/h3-6,8H,1-2H3,(H,19,20). The summed E-state index contributed by atoms with van der Waals surface area (Å²) in [6.45, 7) is 0. The first-order valence-corrected chi connectivity index (χ1v) is 7.93. The number of halogens is 1. The molecular weight excluding hydrogens is 345 g/mol. The molecule has 0 aliphatic rings. The lowest BCUT2D eigenvalue weighted by atomic mass is 10.2. The van der Waals surface area contributed by atoms with E-state index in [1.54, 1.807) is 18.3 Å². The molecule has 0 saturated heterocycles. The predicted octanol–water partition coefficient (Wildman–Crippen LogP) is 1.64. The van der Waals surface area contributed by atoms with E-state index < -0.39 is 11.2 Å². The van der Waals surface area contributed by atoms with E-state index in [1.165, 1.54) is 30.8 Å². The minimum absolute atomic E-state index is 0.130. The summed E-state index contributed by atoms with van der Waals surface area (Å²) in [6.07, 6.45) is 1.56. The van der Waals surface area contributed by atoms with Gasteiger partial charge in [-0.3, -0.25) is 13.9 Å². The molecule has 0 atom stereocenters. The number of nitriles is 1. The number of imidazole rings is 1. The van der Waals surface area contributed by atoms with E-state index in [2.05, 4.69) is 9.97 Å². The fraction of sp³-hybridized carbons (Fsp3) is 0.125. The van der Waals surface area contributed by atoms with Crippen LogP contribution in [0.2, 0.25) is 0 Å². The monoisotopic (exact) mass is 357 g/mol. The number of nitrogens with zero attached hydrogens (tertiary/aromatic N) is 4. The highest BCUT2D eigenvalue weighted by Gasteiger charge is 2.18. The number of hydrogen-bond donors (Lipinski definition) is 1. The van der Waals surface area contributed by atoms with Gasteiger partial charge in [-0.25, -0.2) is 14.2 Å². The van der Waals surface area contributed by atoms with Crippen molar-refractivity contribution in [3.8, 4) is 17.3 Å². The van der Waals surface area contributed by atoms with Crippen molar-refractivity contribution >= 4 is 11.8 Å². The van der Waals surface area contributed by atoms with Gasteiger partial charge in [-0.15, -0.1) is 0 Å². The summed E-state index contributed by atoms with van der Waals surface area (Å²) in [7, 11) is 2.80. The molecule has 0 radical (unpaired) electrons. The Bertz CT molecular complexity index is 1110. The second-order valence-electron chi connectivity index (χ2n) is 5.21.